The summed E-state index contributed by atoms with van der Waals surface area (Å²) in [6.07, 6.45) is 7.95. The van der Waals surface area contributed by atoms with Gasteiger partial charge in [0, 0.05) is 12.6 Å². The summed E-state index contributed by atoms with van der Waals surface area (Å²) >= 11 is 0. The third-order valence-electron chi connectivity index (χ3n) is 4.62. The fourth-order valence-electron chi connectivity index (χ4n) is 3.65. The van der Waals surface area contributed by atoms with Gasteiger partial charge < -0.3 is 10.6 Å². The quantitative estimate of drug-likeness (QED) is 0.858. The Bertz CT molecular complexity index is 518. The maximum Gasteiger partial charge on any atom is 0.257 e. The van der Waals surface area contributed by atoms with E-state index in [1.165, 1.54) is 31.7 Å². The van der Waals surface area contributed by atoms with E-state index in [4.69, 9.17) is 5.73 Å². The van der Waals surface area contributed by atoms with Crippen molar-refractivity contribution in [3.8, 4) is 0 Å². The van der Waals surface area contributed by atoms with Crippen LogP contribution < -0.4 is 5.73 Å². The van der Waals surface area contributed by atoms with Crippen LogP contribution in [0, 0.1) is 11.7 Å². The number of pyridine rings is 1. The maximum atomic E-state index is 13.3. The normalized spacial score (nSPS) is 26.1. The van der Waals surface area contributed by atoms with Crippen LogP contribution in [0.15, 0.2) is 12.3 Å². The highest BCUT2D eigenvalue weighted by atomic mass is 19.1. The van der Waals surface area contributed by atoms with Crippen LogP contribution in [0.3, 0.4) is 0 Å². The van der Waals surface area contributed by atoms with Crippen molar-refractivity contribution in [2.45, 2.75) is 44.6 Å². The van der Waals surface area contributed by atoms with E-state index in [9.17, 15) is 9.18 Å². The number of aromatic nitrogens is 1. The fourth-order valence-corrected chi connectivity index (χ4v) is 3.65. The number of halogens is 1. The first-order valence-electron chi connectivity index (χ1n) is 7.39. The van der Waals surface area contributed by atoms with Crippen LogP contribution >= 0.6 is 0 Å². The number of nitrogens with two attached hydrogens (primary N) is 1. The molecule has 1 saturated carbocycles. The van der Waals surface area contributed by atoms with E-state index < -0.39 is 5.82 Å². The van der Waals surface area contributed by atoms with Gasteiger partial charge >= 0.3 is 0 Å². The molecule has 3 rings (SSSR count). The Hall–Kier alpha value is -1.65. The monoisotopic (exact) mass is 277 g/mol. The number of carbonyl (C=O) groups is 1. The van der Waals surface area contributed by atoms with Crippen molar-refractivity contribution in [2.24, 2.45) is 5.92 Å². The molecule has 0 aromatic carbocycles. The van der Waals surface area contributed by atoms with Gasteiger partial charge in [-0.15, -0.1) is 0 Å². The van der Waals surface area contributed by atoms with Gasteiger partial charge in [-0.1, -0.05) is 12.8 Å². The minimum Gasteiger partial charge on any atom is -0.383 e. The Morgan fingerprint density at radius 1 is 1.30 bits per heavy atom. The number of amides is 1. The van der Waals surface area contributed by atoms with Crippen LogP contribution in [0.4, 0.5) is 10.2 Å². The highest BCUT2D eigenvalue weighted by molar-refractivity contribution is 5.98. The molecule has 1 aromatic rings. The van der Waals surface area contributed by atoms with E-state index in [0.717, 1.165) is 25.6 Å². The van der Waals surface area contributed by atoms with Crippen molar-refractivity contribution < 1.29 is 9.18 Å². The van der Waals surface area contributed by atoms with Crippen LogP contribution in [0.2, 0.25) is 0 Å². The van der Waals surface area contributed by atoms with Crippen molar-refractivity contribution in [1.82, 2.24) is 9.88 Å². The molecular weight excluding hydrogens is 257 g/mol. The number of hydrogen-bond acceptors (Lipinski definition) is 3. The smallest absolute Gasteiger partial charge is 0.257 e. The number of fused-ring (bicyclic) bond motifs is 1. The van der Waals surface area contributed by atoms with Crippen molar-refractivity contribution >= 4 is 11.7 Å². The summed E-state index contributed by atoms with van der Waals surface area (Å²) in [5, 5.41) is 0. The molecule has 2 heterocycles. The van der Waals surface area contributed by atoms with E-state index in [2.05, 4.69) is 4.98 Å². The van der Waals surface area contributed by atoms with Crippen LogP contribution in [0.1, 0.15) is 48.9 Å². The average Bonchev–Trinajstić information content (AvgIpc) is 2.48. The molecule has 2 aliphatic rings. The van der Waals surface area contributed by atoms with Gasteiger partial charge in [0.25, 0.3) is 5.91 Å². The molecule has 4 nitrogen and oxygen atoms in total. The van der Waals surface area contributed by atoms with E-state index in [0.29, 0.717) is 12.0 Å². The summed E-state index contributed by atoms with van der Waals surface area (Å²) in [5.41, 5.74) is 5.94. The molecule has 1 aromatic heterocycles. The molecular formula is C15H20FN3O. The summed E-state index contributed by atoms with van der Waals surface area (Å²) in [6.45, 7) is 0.746. The fraction of sp³-hybridized carbons (Fsp3) is 0.600. The third kappa shape index (κ3) is 2.37. The number of piperidine rings is 1. The summed E-state index contributed by atoms with van der Waals surface area (Å²) in [4.78, 5) is 18.3. The molecule has 2 N–H and O–H groups in total. The topological polar surface area (TPSA) is 59.2 Å². The molecule has 1 aliphatic heterocycles. The highest BCUT2D eigenvalue weighted by Crippen LogP contribution is 2.36. The minimum atomic E-state index is -0.514. The zero-order chi connectivity index (χ0) is 14.1. The molecule has 2 atom stereocenters. The average molecular weight is 277 g/mol. The molecule has 20 heavy (non-hydrogen) atoms. The van der Waals surface area contributed by atoms with Crippen molar-refractivity contribution in [1.29, 1.82) is 0 Å². The lowest BCUT2D eigenvalue weighted by atomic mass is 9.78. The van der Waals surface area contributed by atoms with Crippen LogP contribution in [0.5, 0.6) is 0 Å². The van der Waals surface area contributed by atoms with Crippen molar-refractivity contribution in [3.63, 3.8) is 0 Å². The van der Waals surface area contributed by atoms with E-state index in [1.54, 1.807) is 0 Å². The zero-order valence-corrected chi connectivity index (χ0v) is 11.5. The number of likely N-dealkylation sites (tertiary alicyclic amines) is 1. The van der Waals surface area contributed by atoms with Gasteiger partial charge in [-0.25, -0.2) is 9.37 Å². The van der Waals surface area contributed by atoms with Gasteiger partial charge in [-0.3, -0.25) is 4.79 Å². The van der Waals surface area contributed by atoms with Crippen molar-refractivity contribution in [3.05, 3.63) is 23.6 Å². The Kier molecular flexibility index (Phi) is 3.59. The largest absolute Gasteiger partial charge is 0.383 e. The second-order valence-electron chi connectivity index (χ2n) is 5.84. The first-order chi connectivity index (χ1) is 9.66. The molecule has 2 fully saturated rings. The maximum absolute atomic E-state index is 13.3. The van der Waals surface area contributed by atoms with E-state index >= 15 is 0 Å². The molecule has 1 aliphatic carbocycles. The Labute approximate surface area is 118 Å². The molecule has 0 radical (unpaired) electrons. The Morgan fingerprint density at radius 2 is 2.05 bits per heavy atom. The molecule has 0 spiro atoms. The summed E-state index contributed by atoms with van der Waals surface area (Å²) < 4.78 is 13.3. The number of nitrogens with zero attached hydrogens (tertiary/aromatic N) is 2. The minimum absolute atomic E-state index is 0.120. The highest BCUT2D eigenvalue weighted by Gasteiger charge is 2.36. The Morgan fingerprint density at radius 3 is 2.90 bits per heavy atom. The lowest BCUT2D eigenvalue weighted by molar-refractivity contribution is 0.0391. The predicted octanol–water partition coefficient (Wildman–Crippen LogP) is 2.60. The van der Waals surface area contributed by atoms with Gasteiger partial charge in [0.05, 0.1) is 11.8 Å². The molecule has 0 unspecified atom stereocenters. The zero-order valence-electron chi connectivity index (χ0n) is 11.5. The summed E-state index contributed by atoms with van der Waals surface area (Å²) in [7, 11) is 0. The number of nitrogen functional groups attached to an aromatic ring is 1. The molecule has 108 valence electrons. The SMILES string of the molecule is Nc1ncc(F)cc1C(=O)N1CCC[C@H]2CCCC[C@H]21. The lowest BCUT2D eigenvalue weighted by Crippen LogP contribution is -2.49. The first-order valence-corrected chi connectivity index (χ1v) is 7.39. The van der Waals surface area contributed by atoms with Crippen molar-refractivity contribution in [2.75, 3.05) is 12.3 Å². The number of rotatable bonds is 1. The van der Waals surface area contributed by atoms with Crippen LogP contribution in [-0.2, 0) is 0 Å². The van der Waals surface area contributed by atoms with E-state index in [1.807, 2.05) is 4.90 Å². The summed E-state index contributed by atoms with van der Waals surface area (Å²) in [6, 6.07) is 1.50. The van der Waals surface area contributed by atoms with E-state index in [-0.39, 0.29) is 17.3 Å². The second-order valence-corrected chi connectivity index (χ2v) is 5.84. The van der Waals surface area contributed by atoms with Gasteiger partial charge in [-0.05, 0) is 37.7 Å². The Balaban J connectivity index is 1.87. The number of carbonyl (C=O) groups excluding carboxylic acids is 1. The molecule has 0 bridgehead atoms. The third-order valence-corrected chi connectivity index (χ3v) is 4.62. The van der Waals surface area contributed by atoms with Gasteiger partial charge in [-0.2, -0.15) is 0 Å². The second kappa shape index (κ2) is 5.38. The standard InChI is InChI=1S/C15H20FN3O/c16-11-8-12(14(17)18-9-11)15(20)19-7-3-5-10-4-1-2-6-13(10)19/h8-10,13H,1-7H2,(H2,17,18)/t10-,13-/m1/s1. The molecule has 5 heteroatoms. The summed E-state index contributed by atoms with van der Waals surface area (Å²) in [5.74, 6) is 0.0457. The number of hydrogen-bond donors (Lipinski definition) is 1. The molecule has 1 saturated heterocycles. The predicted molar refractivity (Wildman–Crippen MR) is 74.6 cm³/mol. The van der Waals surface area contributed by atoms with Gasteiger partial charge in [0.15, 0.2) is 0 Å². The molecule has 1 amide bonds. The van der Waals surface area contributed by atoms with Crippen LogP contribution in [-0.4, -0.2) is 28.4 Å². The van der Waals surface area contributed by atoms with Gasteiger partial charge in [0.1, 0.15) is 11.6 Å². The number of anilines is 1. The van der Waals surface area contributed by atoms with Gasteiger partial charge in [0.2, 0.25) is 0 Å². The van der Waals surface area contributed by atoms with Crippen LogP contribution in [0.25, 0.3) is 0 Å². The lowest BCUT2D eigenvalue weighted by Gasteiger charge is -2.44. The first kappa shape index (κ1) is 13.3.